The Kier molecular flexibility index (Phi) is 3.40. The first-order valence-corrected chi connectivity index (χ1v) is 6.90. The van der Waals surface area contributed by atoms with Crippen molar-refractivity contribution in [2.24, 2.45) is 5.92 Å². The quantitative estimate of drug-likeness (QED) is 0.622. The fourth-order valence-corrected chi connectivity index (χ4v) is 2.78. The molecule has 1 amide bonds. The summed E-state index contributed by atoms with van der Waals surface area (Å²) >= 11 is 0. The zero-order chi connectivity index (χ0) is 14.1. The van der Waals surface area contributed by atoms with Crippen molar-refractivity contribution >= 4 is 23.0 Å². The molecule has 1 aromatic rings. The average Bonchev–Trinajstić information content (AvgIpc) is 2.83. The Balaban J connectivity index is 1.70. The molecule has 2 atom stereocenters. The summed E-state index contributed by atoms with van der Waals surface area (Å²) in [5.41, 5.74) is 8.01. The van der Waals surface area contributed by atoms with Gasteiger partial charge in [0.1, 0.15) is 5.75 Å². The Hall–Kier alpha value is -1.95. The van der Waals surface area contributed by atoms with E-state index in [1.54, 1.807) is 12.1 Å². The van der Waals surface area contributed by atoms with Crippen molar-refractivity contribution in [2.75, 3.05) is 29.5 Å². The lowest BCUT2D eigenvalue weighted by atomic mass is 10.1. The van der Waals surface area contributed by atoms with Crippen molar-refractivity contribution < 1.29 is 14.6 Å². The summed E-state index contributed by atoms with van der Waals surface area (Å²) in [7, 11) is 0. The third-order valence-corrected chi connectivity index (χ3v) is 3.88. The molecular weight excluding hydrogens is 258 g/mol. The molecule has 1 heterocycles. The number of nitrogens with one attached hydrogen (secondary N) is 2. The maximum absolute atomic E-state index is 11.3. The van der Waals surface area contributed by atoms with Crippen LogP contribution in [0.3, 0.4) is 0 Å². The van der Waals surface area contributed by atoms with E-state index in [0.717, 1.165) is 31.5 Å². The molecule has 6 nitrogen and oxygen atoms in total. The molecule has 1 fully saturated rings. The molecule has 2 unspecified atom stereocenters. The van der Waals surface area contributed by atoms with Crippen molar-refractivity contribution in [3.63, 3.8) is 0 Å². The Morgan fingerprint density at radius 3 is 3.05 bits per heavy atom. The van der Waals surface area contributed by atoms with Gasteiger partial charge < -0.3 is 26.2 Å². The molecular formula is C14H19N3O3. The summed E-state index contributed by atoms with van der Waals surface area (Å²) in [6, 6.07) is 3.52. The lowest BCUT2D eigenvalue weighted by molar-refractivity contribution is -0.118. The molecule has 6 heteroatoms. The Bertz CT molecular complexity index is 533. The van der Waals surface area contributed by atoms with Crippen LogP contribution in [0.4, 0.5) is 17.1 Å². The van der Waals surface area contributed by atoms with Gasteiger partial charge in [-0.25, -0.2) is 0 Å². The van der Waals surface area contributed by atoms with Gasteiger partial charge in [0.05, 0.1) is 23.2 Å². The highest BCUT2D eigenvalue weighted by Crippen LogP contribution is 2.35. The number of anilines is 3. The molecule has 2 aliphatic rings. The number of aliphatic hydroxyl groups excluding tert-OH is 1. The highest BCUT2D eigenvalue weighted by molar-refractivity contribution is 5.97. The molecule has 1 saturated carbocycles. The summed E-state index contributed by atoms with van der Waals surface area (Å²) in [4.78, 5) is 11.3. The van der Waals surface area contributed by atoms with E-state index in [9.17, 15) is 9.90 Å². The van der Waals surface area contributed by atoms with E-state index in [-0.39, 0.29) is 18.6 Å². The van der Waals surface area contributed by atoms with Gasteiger partial charge in [-0.05, 0) is 31.2 Å². The number of carbonyl (C=O) groups excluding carboxylic acids is 1. The maximum atomic E-state index is 11.3. The number of nitrogen functional groups attached to an aromatic ring is 1. The molecule has 5 N–H and O–H groups in total. The second-order valence-corrected chi connectivity index (χ2v) is 5.49. The third kappa shape index (κ3) is 2.65. The number of ether oxygens (including phenoxy) is 1. The Morgan fingerprint density at radius 2 is 2.30 bits per heavy atom. The second-order valence-electron chi connectivity index (χ2n) is 5.49. The van der Waals surface area contributed by atoms with Crippen LogP contribution in [0.1, 0.15) is 19.3 Å². The van der Waals surface area contributed by atoms with Crippen molar-refractivity contribution in [1.82, 2.24) is 0 Å². The molecule has 0 radical (unpaired) electrons. The Labute approximate surface area is 117 Å². The van der Waals surface area contributed by atoms with Crippen molar-refractivity contribution in [1.29, 1.82) is 0 Å². The number of amides is 1. The molecule has 20 heavy (non-hydrogen) atoms. The standard InChI is InChI=1S/C14H19N3O3/c15-10-4-13-12(17-14(19)7-20-13)5-11(10)16-6-8-1-2-9(18)3-8/h4-5,8-9,16,18H,1-3,6-7,15H2,(H,17,19). The van der Waals surface area contributed by atoms with Crippen molar-refractivity contribution in [3.8, 4) is 5.75 Å². The lowest BCUT2D eigenvalue weighted by Crippen LogP contribution is -2.25. The summed E-state index contributed by atoms with van der Waals surface area (Å²) < 4.78 is 5.31. The first-order valence-electron chi connectivity index (χ1n) is 6.90. The van der Waals surface area contributed by atoms with Crippen molar-refractivity contribution in [3.05, 3.63) is 12.1 Å². The van der Waals surface area contributed by atoms with Crippen LogP contribution in [-0.4, -0.2) is 30.3 Å². The predicted molar refractivity (Wildman–Crippen MR) is 76.8 cm³/mol. The van der Waals surface area contributed by atoms with E-state index in [0.29, 0.717) is 23.0 Å². The van der Waals surface area contributed by atoms with Crippen LogP contribution < -0.4 is 21.1 Å². The number of benzene rings is 1. The van der Waals surface area contributed by atoms with E-state index in [2.05, 4.69) is 10.6 Å². The van der Waals surface area contributed by atoms with Crippen LogP contribution in [0, 0.1) is 5.92 Å². The van der Waals surface area contributed by atoms with Crippen LogP contribution >= 0.6 is 0 Å². The number of hydrogen-bond acceptors (Lipinski definition) is 5. The van der Waals surface area contributed by atoms with Gasteiger partial charge in [0.15, 0.2) is 6.61 Å². The molecule has 1 aliphatic carbocycles. The van der Waals surface area contributed by atoms with Crippen molar-refractivity contribution in [2.45, 2.75) is 25.4 Å². The number of carbonyl (C=O) groups is 1. The maximum Gasteiger partial charge on any atom is 0.262 e. The van der Waals surface area contributed by atoms with Gasteiger partial charge in [-0.1, -0.05) is 0 Å². The van der Waals surface area contributed by atoms with Gasteiger partial charge in [0.2, 0.25) is 0 Å². The second kappa shape index (κ2) is 5.20. The summed E-state index contributed by atoms with van der Waals surface area (Å²) in [6.45, 7) is 0.800. The van der Waals surface area contributed by atoms with E-state index >= 15 is 0 Å². The van der Waals surface area contributed by atoms with E-state index in [4.69, 9.17) is 10.5 Å². The molecule has 1 aliphatic heterocycles. The van der Waals surface area contributed by atoms with Gasteiger partial charge >= 0.3 is 0 Å². The normalized spacial score (nSPS) is 24.8. The van der Waals surface area contributed by atoms with Crippen LogP contribution in [-0.2, 0) is 4.79 Å². The van der Waals surface area contributed by atoms with Gasteiger partial charge in [-0.3, -0.25) is 4.79 Å². The average molecular weight is 277 g/mol. The molecule has 3 rings (SSSR count). The fourth-order valence-electron chi connectivity index (χ4n) is 2.78. The van der Waals surface area contributed by atoms with Gasteiger partial charge in [0, 0.05) is 12.6 Å². The minimum atomic E-state index is -0.171. The SMILES string of the molecule is Nc1cc2c(cc1NCC1CCC(O)C1)NC(=O)CO2. The zero-order valence-corrected chi connectivity index (χ0v) is 11.2. The smallest absolute Gasteiger partial charge is 0.262 e. The summed E-state index contributed by atoms with van der Waals surface area (Å²) in [5.74, 6) is 0.905. The lowest BCUT2D eigenvalue weighted by Gasteiger charge is -2.21. The van der Waals surface area contributed by atoms with Crippen LogP contribution in [0.25, 0.3) is 0 Å². The summed E-state index contributed by atoms with van der Waals surface area (Å²) in [6.07, 6.45) is 2.56. The highest BCUT2D eigenvalue weighted by Gasteiger charge is 2.23. The largest absolute Gasteiger partial charge is 0.482 e. The summed E-state index contributed by atoms with van der Waals surface area (Å²) in [5, 5.41) is 15.6. The van der Waals surface area contributed by atoms with Crippen LogP contribution in [0.15, 0.2) is 12.1 Å². The molecule has 108 valence electrons. The molecule has 0 bridgehead atoms. The number of rotatable bonds is 3. The molecule has 1 aromatic carbocycles. The minimum absolute atomic E-state index is 0.0270. The topological polar surface area (TPSA) is 96.6 Å². The van der Waals surface area contributed by atoms with Gasteiger partial charge in [-0.15, -0.1) is 0 Å². The predicted octanol–water partition coefficient (Wildman–Crippen LogP) is 1.17. The van der Waals surface area contributed by atoms with E-state index in [1.165, 1.54) is 0 Å². The van der Waals surface area contributed by atoms with Gasteiger partial charge in [-0.2, -0.15) is 0 Å². The van der Waals surface area contributed by atoms with Crippen LogP contribution in [0.5, 0.6) is 5.75 Å². The zero-order valence-electron chi connectivity index (χ0n) is 11.2. The molecule has 0 spiro atoms. The number of fused-ring (bicyclic) bond motifs is 1. The van der Waals surface area contributed by atoms with E-state index < -0.39 is 0 Å². The highest BCUT2D eigenvalue weighted by atomic mass is 16.5. The number of aliphatic hydroxyl groups is 1. The number of nitrogens with two attached hydrogens (primary N) is 1. The third-order valence-electron chi connectivity index (χ3n) is 3.88. The van der Waals surface area contributed by atoms with Crippen LogP contribution in [0.2, 0.25) is 0 Å². The van der Waals surface area contributed by atoms with Gasteiger partial charge in [0.25, 0.3) is 5.91 Å². The first-order chi connectivity index (χ1) is 9.61. The molecule has 0 aromatic heterocycles. The fraction of sp³-hybridized carbons (Fsp3) is 0.500. The van der Waals surface area contributed by atoms with E-state index in [1.807, 2.05) is 0 Å². The molecule has 0 saturated heterocycles. The number of hydrogen-bond donors (Lipinski definition) is 4. The minimum Gasteiger partial charge on any atom is -0.482 e. The Morgan fingerprint density at radius 1 is 1.45 bits per heavy atom. The first kappa shape index (κ1) is 13.1. The monoisotopic (exact) mass is 277 g/mol.